The van der Waals surface area contributed by atoms with Crippen LogP contribution >= 0.6 is 0 Å². The Bertz CT molecular complexity index is 1210. The molecule has 2 amide bonds. The largest absolute Gasteiger partial charge is 0.354 e. The molecule has 31 heavy (non-hydrogen) atoms. The molecule has 4 rings (SSSR count). The van der Waals surface area contributed by atoms with Crippen molar-refractivity contribution in [1.82, 2.24) is 24.6 Å². The Morgan fingerprint density at radius 1 is 1.23 bits per heavy atom. The van der Waals surface area contributed by atoms with E-state index in [0.29, 0.717) is 44.0 Å². The molecule has 0 unspecified atom stereocenters. The van der Waals surface area contributed by atoms with E-state index in [2.05, 4.69) is 20.2 Å². The van der Waals surface area contributed by atoms with Crippen molar-refractivity contribution in [2.45, 2.75) is 26.8 Å². The Morgan fingerprint density at radius 2 is 2.03 bits per heavy atom. The number of pyridine rings is 1. The van der Waals surface area contributed by atoms with Gasteiger partial charge in [0.2, 0.25) is 5.91 Å². The van der Waals surface area contributed by atoms with E-state index in [-0.39, 0.29) is 17.4 Å². The van der Waals surface area contributed by atoms with Crippen LogP contribution in [0.4, 0.5) is 5.69 Å². The fourth-order valence-electron chi connectivity index (χ4n) is 3.97. The molecule has 0 aliphatic carbocycles. The van der Waals surface area contributed by atoms with E-state index < -0.39 is 0 Å². The molecule has 1 aliphatic heterocycles. The number of H-pyrrole nitrogens is 1. The minimum atomic E-state index is -0.252. The molecule has 0 saturated carbocycles. The fraction of sp³-hybridized carbons (Fsp3) is 0.364. The molecule has 3 aromatic heterocycles. The molecule has 1 saturated heterocycles. The van der Waals surface area contributed by atoms with E-state index in [1.807, 2.05) is 29.8 Å². The van der Waals surface area contributed by atoms with Gasteiger partial charge in [-0.3, -0.25) is 19.3 Å². The smallest absolute Gasteiger partial charge is 0.269 e. The Hall–Kier alpha value is -3.46. The molecular formula is C22H26N6O3. The first kappa shape index (κ1) is 20.8. The van der Waals surface area contributed by atoms with E-state index in [0.717, 1.165) is 22.5 Å². The lowest BCUT2D eigenvalue weighted by molar-refractivity contribution is -0.121. The van der Waals surface area contributed by atoms with E-state index in [9.17, 15) is 14.4 Å². The lowest BCUT2D eigenvalue weighted by atomic mass is 10.2. The predicted octanol–water partition coefficient (Wildman–Crippen LogP) is 1.10. The molecule has 1 aliphatic rings. The third kappa shape index (κ3) is 4.09. The lowest BCUT2D eigenvalue weighted by Gasteiger charge is -2.34. The number of aryl methyl sites for hydroxylation is 2. The van der Waals surface area contributed by atoms with E-state index in [4.69, 9.17) is 0 Å². The monoisotopic (exact) mass is 422 g/mol. The highest BCUT2D eigenvalue weighted by molar-refractivity contribution is 5.97. The first-order valence-electron chi connectivity index (χ1n) is 10.3. The standard InChI is InChI=1S/C22H26N6O3/c1-4-16-12-27-11-15(9-19(27)25-21(16)30)10-26-7-8-28(20(29)13-26)18-6-5-17(22(31)23-3)24-14(18)2/h5-6,9,11-12H,4,7-8,10,13H2,1-3H3,(H,23,31)(H,25,30). The first-order valence-corrected chi connectivity index (χ1v) is 10.3. The number of nitrogens with one attached hydrogen (secondary N) is 2. The molecule has 0 radical (unpaired) electrons. The van der Waals surface area contributed by atoms with Crippen molar-refractivity contribution in [1.29, 1.82) is 0 Å². The zero-order valence-electron chi connectivity index (χ0n) is 17.9. The average Bonchev–Trinajstić information content (AvgIpc) is 3.13. The Balaban J connectivity index is 1.46. The maximum absolute atomic E-state index is 12.8. The van der Waals surface area contributed by atoms with Gasteiger partial charge in [0.05, 0.1) is 17.9 Å². The molecule has 1 fully saturated rings. The lowest BCUT2D eigenvalue weighted by Crippen LogP contribution is -2.50. The summed E-state index contributed by atoms with van der Waals surface area (Å²) in [5, 5.41) is 2.55. The highest BCUT2D eigenvalue weighted by Crippen LogP contribution is 2.22. The number of rotatable bonds is 5. The van der Waals surface area contributed by atoms with Gasteiger partial charge in [0, 0.05) is 44.6 Å². The maximum atomic E-state index is 12.8. The van der Waals surface area contributed by atoms with Crippen LogP contribution in [0.15, 0.2) is 35.4 Å². The second-order valence-electron chi connectivity index (χ2n) is 7.74. The van der Waals surface area contributed by atoms with Crippen LogP contribution in [0.2, 0.25) is 0 Å². The fourth-order valence-corrected chi connectivity index (χ4v) is 3.97. The van der Waals surface area contributed by atoms with Gasteiger partial charge < -0.3 is 19.6 Å². The van der Waals surface area contributed by atoms with Gasteiger partial charge in [-0.2, -0.15) is 0 Å². The summed E-state index contributed by atoms with van der Waals surface area (Å²) < 4.78 is 1.93. The quantitative estimate of drug-likeness (QED) is 0.641. The Morgan fingerprint density at radius 3 is 2.71 bits per heavy atom. The normalized spacial score (nSPS) is 14.9. The molecule has 0 atom stereocenters. The van der Waals surface area contributed by atoms with Crippen molar-refractivity contribution in [3.63, 3.8) is 0 Å². The SMILES string of the molecule is CCc1cn2cc(CN3CCN(c4ccc(C(=O)NC)nc4C)C(=O)C3)cc2[nH]c1=O. The predicted molar refractivity (Wildman–Crippen MR) is 117 cm³/mol. The number of carbonyl (C=O) groups is 2. The summed E-state index contributed by atoms with van der Waals surface area (Å²) in [5.74, 6) is -0.257. The van der Waals surface area contributed by atoms with Gasteiger partial charge >= 0.3 is 0 Å². The summed E-state index contributed by atoms with van der Waals surface area (Å²) in [7, 11) is 1.56. The van der Waals surface area contributed by atoms with Crippen LogP contribution < -0.4 is 15.8 Å². The van der Waals surface area contributed by atoms with Gasteiger partial charge in [0.25, 0.3) is 11.5 Å². The van der Waals surface area contributed by atoms with Gasteiger partial charge in [0.1, 0.15) is 11.3 Å². The number of aromatic amines is 1. The van der Waals surface area contributed by atoms with Crippen LogP contribution in [-0.2, 0) is 17.8 Å². The third-order valence-electron chi connectivity index (χ3n) is 5.63. The molecular weight excluding hydrogens is 396 g/mol. The van der Waals surface area contributed by atoms with Crippen LogP contribution in [0, 0.1) is 6.92 Å². The third-order valence-corrected chi connectivity index (χ3v) is 5.63. The molecule has 3 aromatic rings. The summed E-state index contributed by atoms with van der Waals surface area (Å²) in [6.07, 6.45) is 4.53. The number of anilines is 1. The van der Waals surface area contributed by atoms with Crippen LogP contribution in [0.5, 0.6) is 0 Å². The average molecular weight is 422 g/mol. The summed E-state index contributed by atoms with van der Waals surface area (Å²) >= 11 is 0. The van der Waals surface area contributed by atoms with Crippen molar-refractivity contribution in [2.75, 3.05) is 31.6 Å². The van der Waals surface area contributed by atoms with E-state index in [1.165, 1.54) is 0 Å². The number of aromatic nitrogens is 3. The molecule has 0 aromatic carbocycles. The van der Waals surface area contributed by atoms with Crippen LogP contribution in [-0.4, -0.2) is 57.8 Å². The van der Waals surface area contributed by atoms with Crippen LogP contribution in [0.1, 0.15) is 34.2 Å². The van der Waals surface area contributed by atoms with Crippen molar-refractivity contribution >= 4 is 23.1 Å². The number of amides is 2. The number of fused-ring (bicyclic) bond motifs is 1. The van der Waals surface area contributed by atoms with Gasteiger partial charge in [-0.05, 0) is 37.1 Å². The van der Waals surface area contributed by atoms with Crippen molar-refractivity contribution in [3.8, 4) is 0 Å². The topological polar surface area (TPSA) is 103 Å². The minimum Gasteiger partial charge on any atom is -0.354 e. The molecule has 2 N–H and O–H groups in total. The van der Waals surface area contributed by atoms with Gasteiger partial charge in [-0.1, -0.05) is 6.92 Å². The van der Waals surface area contributed by atoms with Crippen LogP contribution in [0.3, 0.4) is 0 Å². The van der Waals surface area contributed by atoms with Crippen molar-refractivity contribution in [2.24, 2.45) is 0 Å². The molecule has 9 heteroatoms. The summed E-state index contributed by atoms with van der Waals surface area (Å²) in [6.45, 7) is 5.93. The van der Waals surface area contributed by atoms with Crippen molar-refractivity contribution < 1.29 is 9.59 Å². The number of piperazine rings is 1. The highest BCUT2D eigenvalue weighted by atomic mass is 16.2. The van der Waals surface area contributed by atoms with Gasteiger partial charge in [-0.15, -0.1) is 0 Å². The number of hydrogen-bond acceptors (Lipinski definition) is 5. The Labute approximate surface area is 179 Å². The molecule has 0 spiro atoms. The van der Waals surface area contributed by atoms with Crippen molar-refractivity contribution in [3.05, 3.63) is 63.5 Å². The number of hydrogen-bond donors (Lipinski definition) is 2. The second-order valence-corrected chi connectivity index (χ2v) is 7.74. The van der Waals surface area contributed by atoms with E-state index in [1.54, 1.807) is 31.0 Å². The molecule has 162 valence electrons. The minimum absolute atomic E-state index is 0.00529. The molecule has 0 bridgehead atoms. The second kappa shape index (κ2) is 8.35. The summed E-state index contributed by atoms with van der Waals surface area (Å²) in [5.41, 5.74) is 4.19. The zero-order valence-corrected chi connectivity index (χ0v) is 17.9. The summed E-state index contributed by atoms with van der Waals surface area (Å²) in [4.78, 5) is 47.7. The molecule has 4 heterocycles. The first-order chi connectivity index (χ1) is 14.9. The number of nitrogens with zero attached hydrogens (tertiary/aromatic N) is 4. The summed E-state index contributed by atoms with van der Waals surface area (Å²) in [6, 6.07) is 5.37. The van der Waals surface area contributed by atoms with Gasteiger partial charge in [-0.25, -0.2) is 4.98 Å². The maximum Gasteiger partial charge on any atom is 0.269 e. The highest BCUT2D eigenvalue weighted by Gasteiger charge is 2.27. The van der Waals surface area contributed by atoms with Gasteiger partial charge in [0.15, 0.2) is 0 Å². The number of carbonyl (C=O) groups excluding carboxylic acids is 2. The van der Waals surface area contributed by atoms with E-state index >= 15 is 0 Å². The zero-order chi connectivity index (χ0) is 22.1. The van der Waals surface area contributed by atoms with Crippen LogP contribution in [0.25, 0.3) is 5.65 Å². The molecule has 9 nitrogen and oxygen atoms in total. The Kier molecular flexibility index (Phi) is 5.60.